The smallest absolute Gasteiger partial charge is 0.144 e. The molecule has 0 radical (unpaired) electrons. The van der Waals surface area contributed by atoms with Gasteiger partial charge in [0.25, 0.3) is 0 Å². The fourth-order valence-corrected chi connectivity index (χ4v) is 2.52. The van der Waals surface area contributed by atoms with Crippen LogP contribution in [0.2, 0.25) is 0 Å². The first kappa shape index (κ1) is 14.7. The van der Waals surface area contributed by atoms with E-state index in [1.807, 2.05) is 7.05 Å². The van der Waals surface area contributed by atoms with E-state index in [2.05, 4.69) is 31.2 Å². The Bertz CT molecular complexity index is 425. The fraction of sp³-hybridized carbons (Fsp3) is 0.692. The molecule has 19 heavy (non-hydrogen) atoms. The molecule has 0 atom stereocenters. The van der Waals surface area contributed by atoms with Crippen LogP contribution in [0.3, 0.4) is 0 Å². The number of anilines is 1. The summed E-state index contributed by atoms with van der Waals surface area (Å²) in [6.45, 7) is 1.86. The van der Waals surface area contributed by atoms with E-state index in [0.29, 0.717) is 25.7 Å². The van der Waals surface area contributed by atoms with Crippen molar-refractivity contribution in [3.8, 4) is 0 Å². The van der Waals surface area contributed by atoms with Crippen LogP contribution < -0.4 is 5.32 Å². The van der Waals surface area contributed by atoms with Crippen molar-refractivity contribution in [2.45, 2.75) is 25.2 Å². The normalized spacial score (nSPS) is 14.7. The lowest BCUT2D eigenvalue weighted by atomic mass is 10.2. The zero-order valence-electron chi connectivity index (χ0n) is 11.4. The van der Waals surface area contributed by atoms with Crippen molar-refractivity contribution in [3.05, 3.63) is 16.0 Å². The predicted octanol–water partition coefficient (Wildman–Crippen LogP) is 2.36. The number of rotatable bonds is 8. The quantitative estimate of drug-likeness (QED) is 0.742. The van der Waals surface area contributed by atoms with E-state index in [0.717, 1.165) is 28.2 Å². The van der Waals surface area contributed by atoms with Gasteiger partial charge in [-0.1, -0.05) is 0 Å². The molecule has 1 aliphatic carbocycles. The zero-order chi connectivity index (χ0) is 13.7. The lowest BCUT2D eigenvalue weighted by Gasteiger charge is -2.10. The van der Waals surface area contributed by atoms with Crippen LogP contribution in [0.1, 0.15) is 30.3 Å². The van der Waals surface area contributed by atoms with E-state index in [1.54, 1.807) is 7.11 Å². The lowest BCUT2D eigenvalue weighted by Crippen LogP contribution is -2.10. The molecule has 1 aliphatic rings. The lowest BCUT2D eigenvalue weighted by molar-refractivity contribution is 0.0716. The van der Waals surface area contributed by atoms with Crippen LogP contribution in [0.25, 0.3) is 0 Å². The first-order valence-electron chi connectivity index (χ1n) is 6.57. The van der Waals surface area contributed by atoms with Crippen molar-refractivity contribution in [1.29, 1.82) is 0 Å². The van der Waals surface area contributed by atoms with Crippen molar-refractivity contribution in [3.63, 3.8) is 0 Å². The maximum absolute atomic E-state index is 5.46. The molecule has 5 nitrogen and oxygen atoms in total. The van der Waals surface area contributed by atoms with Crippen LogP contribution >= 0.6 is 15.9 Å². The van der Waals surface area contributed by atoms with Crippen LogP contribution in [0, 0.1) is 0 Å². The second kappa shape index (κ2) is 7.17. The molecule has 0 unspecified atom stereocenters. The summed E-state index contributed by atoms with van der Waals surface area (Å²) in [5.41, 5.74) is 1.13. The van der Waals surface area contributed by atoms with Gasteiger partial charge in [-0.05, 0) is 28.8 Å². The summed E-state index contributed by atoms with van der Waals surface area (Å²) >= 11 is 3.58. The fourth-order valence-electron chi connectivity index (χ4n) is 1.83. The van der Waals surface area contributed by atoms with Crippen molar-refractivity contribution in [2.24, 2.45) is 0 Å². The molecule has 1 saturated carbocycles. The van der Waals surface area contributed by atoms with Crippen molar-refractivity contribution < 1.29 is 9.47 Å². The summed E-state index contributed by atoms with van der Waals surface area (Å²) in [6.07, 6.45) is 3.18. The summed E-state index contributed by atoms with van der Waals surface area (Å²) in [5.74, 6) is 2.30. The molecule has 1 fully saturated rings. The van der Waals surface area contributed by atoms with Gasteiger partial charge < -0.3 is 14.8 Å². The number of nitrogens with one attached hydrogen (secondary N) is 1. The molecule has 1 N–H and O–H groups in total. The van der Waals surface area contributed by atoms with Gasteiger partial charge >= 0.3 is 0 Å². The Morgan fingerprint density at radius 1 is 1.26 bits per heavy atom. The standard InChI is InChI=1S/C13H20BrN3O2/c1-15-13-11(14)12(9-3-4-9)16-10(17-13)5-6-19-8-7-18-2/h9H,3-8H2,1-2H3,(H,15,16,17). The van der Waals surface area contributed by atoms with Gasteiger partial charge in [0.05, 0.1) is 30.0 Å². The molecule has 1 aromatic heterocycles. The van der Waals surface area contributed by atoms with Crippen molar-refractivity contribution in [1.82, 2.24) is 9.97 Å². The maximum atomic E-state index is 5.46. The number of hydrogen-bond acceptors (Lipinski definition) is 5. The Labute approximate surface area is 122 Å². The summed E-state index contributed by atoms with van der Waals surface area (Å²) in [7, 11) is 3.55. The van der Waals surface area contributed by atoms with E-state index >= 15 is 0 Å². The number of nitrogens with zero attached hydrogens (tertiary/aromatic N) is 2. The second-order valence-corrected chi connectivity index (χ2v) is 5.36. The van der Waals surface area contributed by atoms with Gasteiger partial charge in [-0.2, -0.15) is 0 Å². The van der Waals surface area contributed by atoms with Gasteiger partial charge in [-0.3, -0.25) is 0 Å². The molecule has 1 heterocycles. The Morgan fingerprint density at radius 2 is 2.05 bits per heavy atom. The predicted molar refractivity (Wildman–Crippen MR) is 77.7 cm³/mol. The van der Waals surface area contributed by atoms with Crippen LogP contribution in [0.15, 0.2) is 4.47 Å². The monoisotopic (exact) mass is 329 g/mol. The SMILES string of the molecule is CNc1nc(CCOCCOC)nc(C2CC2)c1Br. The summed E-state index contributed by atoms with van der Waals surface area (Å²) in [6, 6.07) is 0. The van der Waals surface area contributed by atoms with Gasteiger partial charge in [0, 0.05) is 26.5 Å². The summed E-state index contributed by atoms with van der Waals surface area (Å²) in [4.78, 5) is 9.15. The Hall–Kier alpha value is -0.720. The van der Waals surface area contributed by atoms with E-state index in [1.165, 1.54) is 12.8 Å². The molecule has 0 spiro atoms. The molecule has 6 heteroatoms. The molecule has 0 aromatic carbocycles. The van der Waals surface area contributed by atoms with Gasteiger partial charge in [-0.25, -0.2) is 9.97 Å². The largest absolute Gasteiger partial charge is 0.382 e. The first-order chi connectivity index (χ1) is 9.26. The number of hydrogen-bond donors (Lipinski definition) is 1. The zero-order valence-corrected chi connectivity index (χ0v) is 13.0. The molecular formula is C13H20BrN3O2. The Kier molecular flexibility index (Phi) is 5.54. The summed E-state index contributed by atoms with van der Waals surface area (Å²) in [5, 5.41) is 3.11. The van der Waals surface area contributed by atoms with E-state index in [-0.39, 0.29) is 0 Å². The molecule has 0 saturated heterocycles. The third kappa shape index (κ3) is 4.12. The highest BCUT2D eigenvalue weighted by molar-refractivity contribution is 9.10. The molecule has 0 aliphatic heterocycles. The highest BCUT2D eigenvalue weighted by atomic mass is 79.9. The number of ether oxygens (including phenoxy) is 2. The third-order valence-corrected chi connectivity index (χ3v) is 3.81. The third-order valence-electron chi connectivity index (χ3n) is 3.03. The number of methoxy groups -OCH3 is 1. The Balaban J connectivity index is 1.97. The van der Waals surface area contributed by atoms with Gasteiger partial charge in [0.15, 0.2) is 0 Å². The van der Waals surface area contributed by atoms with Gasteiger partial charge in [0.2, 0.25) is 0 Å². The first-order valence-corrected chi connectivity index (χ1v) is 7.36. The van der Waals surface area contributed by atoms with E-state index in [4.69, 9.17) is 9.47 Å². The number of halogens is 1. The minimum Gasteiger partial charge on any atom is -0.382 e. The highest BCUT2D eigenvalue weighted by Crippen LogP contribution is 2.43. The highest BCUT2D eigenvalue weighted by Gasteiger charge is 2.29. The van der Waals surface area contributed by atoms with Crippen LogP contribution in [0.5, 0.6) is 0 Å². The minimum atomic E-state index is 0.595. The van der Waals surface area contributed by atoms with Crippen molar-refractivity contribution >= 4 is 21.7 Å². The van der Waals surface area contributed by atoms with Crippen LogP contribution in [-0.4, -0.2) is 43.9 Å². The second-order valence-electron chi connectivity index (χ2n) is 4.57. The van der Waals surface area contributed by atoms with Gasteiger partial charge in [0.1, 0.15) is 11.6 Å². The summed E-state index contributed by atoms with van der Waals surface area (Å²) < 4.78 is 11.4. The molecule has 1 aromatic rings. The molecule has 106 valence electrons. The van der Waals surface area contributed by atoms with Crippen LogP contribution in [0.4, 0.5) is 5.82 Å². The maximum Gasteiger partial charge on any atom is 0.144 e. The average molecular weight is 330 g/mol. The van der Waals surface area contributed by atoms with E-state index < -0.39 is 0 Å². The Morgan fingerprint density at radius 3 is 2.68 bits per heavy atom. The topological polar surface area (TPSA) is 56.3 Å². The van der Waals surface area contributed by atoms with Gasteiger partial charge in [-0.15, -0.1) is 0 Å². The number of aromatic nitrogens is 2. The molecular weight excluding hydrogens is 310 g/mol. The minimum absolute atomic E-state index is 0.595. The van der Waals surface area contributed by atoms with E-state index in [9.17, 15) is 0 Å². The molecule has 0 bridgehead atoms. The molecule has 2 rings (SSSR count). The van der Waals surface area contributed by atoms with Crippen LogP contribution in [-0.2, 0) is 15.9 Å². The van der Waals surface area contributed by atoms with Crippen molar-refractivity contribution in [2.75, 3.05) is 39.3 Å². The average Bonchev–Trinajstić information content (AvgIpc) is 3.24. The molecule has 0 amide bonds.